The first-order valence-electron chi connectivity index (χ1n) is 1.60. The van der Waals surface area contributed by atoms with Crippen LogP contribution >= 0.6 is 0 Å². The average molecular weight is 125 g/mol. The molecule has 1 unspecified atom stereocenters. The zero-order valence-corrected chi connectivity index (χ0v) is 6.46. The Morgan fingerprint density at radius 2 is 2.12 bits per heavy atom. The van der Waals surface area contributed by atoms with E-state index in [1.54, 1.807) is 0 Å². The maximum atomic E-state index is 9.46. The predicted molar refractivity (Wildman–Crippen MR) is 19.0 cm³/mol. The Labute approximate surface area is 68.3 Å². The standard InChI is InChI=1S/C3H5NO3.Na/c4-2(1-5)3(6)7;/h1-2H,4H2,(H,6,7);/q;+1/p-1. The third kappa shape index (κ3) is 4.26. The number of carboxylic acid groups (broad SMARTS) is 1. The van der Waals surface area contributed by atoms with Crippen LogP contribution in [0.4, 0.5) is 0 Å². The molecule has 0 saturated carbocycles. The average Bonchev–Trinajstić information content (AvgIpc) is 1.65. The maximum absolute atomic E-state index is 9.46. The number of nitrogens with two attached hydrogens (primary N) is 1. The molecule has 0 saturated heterocycles. The van der Waals surface area contributed by atoms with E-state index in [1.807, 2.05) is 0 Å². The fourth-order valence-electron chi connectivity index (χ4n) is 0.0556. The third-order valence-corrected chi connectivity index (χ3v) is 0.419. The van der Waals surface area contributed by atoms with E-state index in [4.69, 9.17) is 0 Å². The van der Waals surface area contributed by atoms with Crippen molar-refractivity contribution in [2.45, 2.75) is 6.04 Å². The molecule has 0 aromatic heterocycles. The van der Waals surface area contributed by atoms with Gasteiger partial charge in [-0.2, -0.15) is 0 Å². The van der Waals surface area contributed by atoms with E-state index < -0.39 is 12.0 Å². The van der Waals surface area contributed by atoms with E-state index in [0.717, 1.165) is 0 Å². The van der Waals surface area contributed by atoms with Gasteiger partial charge in [-0.05, 0) is 0 Å². The smallest absolute Gasteiger partial charge is 0.548 e. The van der Waals surface area contributed by atoms with E-state index in [9.17, 15) is 14.7 Å². The fraction of sp³-hybridized carbons (Fsp3) is 0.333. The van der Waals surface area contributed by atoms with Crippen LogP contribution in [-0.4, -0.2) is 18.3 Å². The van der Waals surface area contributed by atoms with Crippen molar-refractivity contribution in [3.8, 4) is 0 Å². The van der Waals surface area contributed by atoms with Crippen LogP contribution in [0.1, 0.15) is 0 Å². The van der Waals surface area contributed by atoms with Crippen LogP contribution in [0.5, 0.6) is 0 Å². The van der Waals surface area contributed by atoms with Crippen LogP contribution in [0, 0.1) is 0 Å². The van der Waals surface area contributed by atoms with E-state index >= 15 is 0 Å². The minimum absolute atomic E-state index is 0. The fourth-order valence-corrected chi connectivity index (χ4v) is 0.0556. The Hall–Kier alpha value is 0.100. The van der Waals surface area contributed by atoms with Gasteiger partial charge in [0, 0.05) is 0 Å². The van der Waals surface area contributed by atoms with E-state index in [0.29, 0.717) is 0 Å². The molecule has 0 spiro atoms. The summed E-state index contributed by atoms with van der Waals surface area (Å²) in [6.07, 6.45) is 0.106. The molecule has 2 N–H and O–H groups in total. The topological polar surface area (TPSA) is 83.2 Å². The van der Waals surface area contributed by atoms with Gasteiger partial charge in [-0.1, -0.05) is 0 Å². The van der Waals surface area contributed by atoms with Crippen molar-refractivity contribution in [2.24, 2.45) is 5.73 Å². The molecule has 0 aliphatic heterocycles. The molecule has 0 bridgehead atoms. The zero-order chi connectivity index (χ0) is 5.86. The molecule has 0 aliphatic carbocycles. The molecular formula is C3H4NNaO3. The van der Waals surface area contributed by atoms with E-state index in [2.05, 4.69) is 5.73 Å². The van der Waals surface area contributed by atoms with Crippen molar-refractivity contribution in [3.63, 3.8) is 0 Å². The SMILES string of the molecule is NC(C=O)C(=O)[O-].[Na+]. The van der Waals surface area contributed by atoms with Crippen molar-refractivity contribution in [3.05, 3.63) is 0 Å². The summed E-state index contributed by atoms with van der Waals surface area (Å²) in [7, 11) is 0. The first-order chi connectivity index (χ1) is 3.18. The summed E-state index contributed by atoms with van der Waals surface area (Å²) in [5.74, 6) is -1.55. The molecule has 0 fully saturated rings. The number of carbonyl (C=O) groups is 2. The molecule has 0 heterocycles. The minimum atomic E-state index is -1.55. The van der Waals surface area contributed by atoms with Crippen LogP contribution in [0.3, 0.4) is 0 Å². The van der Waals surface area contributed by atoms with Gasteiger partial charge in [0.2, 0.25) is 0 Å². The van der Waals surface area contributed by atoms with Crippen LogP contribution < -0.4 is 40.4 Å². The Kier molecular flexibility index (Phi) is 7.19. The van der Waals surface area contributed by atoms with E-state index in [1.165, 1.54) is 0 Å². The van der Waals surface area contributed by atoms with Gasteiger partial charge in [0.25, 0.3) is 0 Å². The van der Waals surface area contributed by atoms with Gasteiger partial charge in [0.05, 0.1) is 5.97 Å². The summed E-state index contributed by atoms with van der Waals surface area (Å²) in [5.41, 5.74) is 4.59. The monoisotopic (exact) mass is 125 g/mol. The number of carbonyl (C=O) groups excluding carboxylic acids is 2. The third-order valence-electron chi connectivity index (χ3n) is 0.419. The Morgan fingerprint density at radius 3 is 2.12 bits per heavy atom. The number of aliphatic carboxylic acids is 1. The molecule has 0 aliphatic rings. The molecular weight excluding hydrogens is 121 g/mol. The molecule has 0 radical (unpaired) electrons. The largest absolute Gasteiger partial charge is 1.00 e. The van der Waals surface area contributed by atoms with Crippen molar-refractivity contribution in [2.75, 3.05) is 0 Å². The summed E-state index contributed by atoms with van der Waals surface area (Å²) in [6.45, 7) is 0. The van der Waals surface area contributed by atoms with Crippen molar-refractivity contribution in [1.29, 1.82) is 0 Å². The summed E-state index contributed by atoms with van der Waals surface area (Å²) in [6, 6.07) is -1.47. The van der Waals surface area contributed by atoms with Gasteiger partial charge < -0.3 is 20.4 Å². The number of rotatable bonds is 2. The first-order valence-corrected chi connectivity index (χ1v) is 1.60. The van der Waals surface area contributed by atoms with E-state index in [-0.39, 0.29) is 35.8 Å². The molecule has 0 aromatic carbocycles. The van der Waals surface area contributed by atoms with Gasteiger partial charge in [-0.3, -0.25) is 0 Å². The summed E-state index contributed by atoms with van der Waals surface area (Å²) in [4.78, 5) is 18.9. The van der Waals surface area contributed by atoms with Crippen LogP contribution in [0.25, 0.3) is 0 Å². The van der Waals surface area contributed by atoms with Crippen LogP contribution in [0.15, 0.2) is 0 Å². The first kappa shape index (κ1) is 11.0. The van der Waals surface area contributed by atoms with Crippen molar-refractivity contribution in [1.82, 2.24) is 0 Å². The minimum Gasteiger partial charge on any atom is -0.548 e. The Balaban J connectivity index is 0. The summed E-state index contributed by atoms with van der Waals surface area (Å²) in [5, 5.41) is 9.46. The zero-order valence-electron chi connectivity index (χ0n) is 4.46. The molecule has 0 aromatic rings. The molecule has 8 heavy (non-hydrogen) atoms. The van der Waals surface area contributed by atoms with Gasteiger partial charge in [0.1, 0.15) is 12.3 Å². The predicted octanol–water partition coefficient (Wildman–Crippen LogP) is -5.73. The molecule has 0 rings (SSSR count). The van der Waals surface area contributed by atoms with Gasteiger partial charge in [-0.25, -0.2) is 0 Å². The van der Waals surface area contributed by atoms with Gasteiger partial charge in [0.15, 0.2) is 0 Å². The Morgan fingerprint density at radius 1 is 1.75 bits per heavy atom. The number of hydrogen-bond acceptors (Lipinski definition) is 4. The second kappa shape index (κ2) is 5.24. The molecule has 40 valence electrons. The van der Waals surface area contributed by atoms with Crippen molar-refractivity contribution < 1.29 is 44.3 Å². The summed E-state index contributed by atoms with van der Waals surface area (Å²) < 4.78 is 0. The number of hydrogen-bond donors (Lipinski definition) is 1. The quantitative estimate of drug-likeness (QED) is 0.226. The molecule has 4 nitrogen and oxygen atoms in total. The normalized spacial score (nSPS) is 11.1. The molecule has 0 amide bonds. The van der Waals surface area contributed by atoms with Crippen LogP contribution in [-0.2, 0) is 9.59 Å². The van der Waals surface area contributed by atoms with Gasteiger partial charge >= 0.3 is 29.6 Å². The molecule has 1 atom stereocenters. The Bertz CT molecular complexity index is 94.5. The molecule has 5 heteroatoms. The number of aldehydes is 1. The second-order valence-electron chi connectivity index (χ2n) is 0.981. The number of carboxylic acids is 1. The maximum Gasteiger partial charge on any atom is 1.00 e. The second-order valence-corrected chi connectivity index (χ2v) is 0.981. The van der Waals surface area contributed by atoms with Gasteiger partial charge in [-0.15, -0.1) is 0 Å². The summed E-state index contributed by atoms with van der Waals surface area (Å²) >= 11 is 0. The van der Waals surface area contributed by atoms with Crippen molar-refractivity contribution >= 4 is 12.3 Å². The van der Waals surface area contributed by atoms with Crippen LogP contribution in [0.2, 0.25) is 0 Å².